The Bertz CT molecular complexity index is 768. The minimum absolute atomic E-state index is 0.316. The Balaban J connectivity index is 1.45. The van der Waals surface area contributed by atoms with Crippen molar-refractivity contribution in [1.82, 2.24) is 19.9 Å². The van der Waals surface area contributed by atoms with Crippen molar-refractivity contribution in [2.24, 2.45) is 0 Å². The molecule has 3 aromatic rings. The second-order valence-corrected chi connectivity index (χ2v) is 6.16. The van der Waals surface area contributed by atoms with E-state index in [0.29, 0.717) is 17.0 Å². The summed E-state index contributed by atoms with van der Waals surface area (Å²) in [5.41, 5.74) is 1.00. The van der Waals surface area contributed by atoms with E-state index < -0.39 is 0 Å². The lowest BCUT2D eigenvalue weighted by Gasteiger charge is -2.40. The Morgan fingerprint density at radius 1 is 1.19 bits per heavy atom. The van der Waals surface area contributed by atoms with Crippen LogP contribution in [0.25, 0.3) is 10.2 Å². The molecule has 1 fully saturated rings. The van der Waals surface area contributed by atoms with Crippen LogP contribution in [-0.4, -0.2) is 39.1 Å². The van der Waals surface area contributed by atoms with Crippen LogP contribution in [0, 0.1) is 0 Å². The van der Waals surface area contributed by atoms with Crippen molar-refractivity contribution < 1.29 is 0 Å². The number of rotatable bonds is 3. The number of thiophene rings is 1. The second kappa shape index (κ2) is 5.09. The van der Waals surface area contributed by atoms with Gasteiger partial charge >= 0.3 is 0 Å². The highest BCUT2D eigenvalue weighted by molar-refractivity contribution is 7.17. The molecule has 0 aromatic carbocycles. The third-order valence-corrected chi connectivity index (χ3v) is 4.45. The van der Waals surface area contributed by atoms with Crippen molar-refractivity contribution in [2.45, 2.75) is 6.04 Å². The average Bonchev–Trinajstić information content (AvgIpc) is 2.93. The van der Waals surface area contributed by atoms with Crippen molar-refractivity contribution >= 4 is 44.9 Å². The average molecular weight is 319 g/mol. The standard InChI is InChI=1S/C13H11ClN6S/c14-8-3-15-13(16-4-8)19-9-5-20(6-9)12-11-10(1-2-21-11)17-7-18-12/h1-4,7,9H,5-6H2,(H,15,16,19). The number of nitrogens with zero attached hydrogens (tertiary/aromatic N) is 5. The van der Waals surface area contributed by atoms with E-state index in [1.54, 1.807) is 30.1 Å². The molecular weight excluding hydrogens is 308 g/mol. The maximum Gasteiger partial charge on any atom is 0.223 e. The molecule has 0 amide bonds. The second-order valence-electron chi connectivity index (χ2n) is 4.80. The number of halogens is 1. The van der Waals surface area contributed by atoms with Crippen LogP contribution in [0.2, 0.25) is 5.02 Å². The van der Waals surface area contributed by atoms with Crippen LogP contribution in [0.1, 0.15) is 0 Å². The van der Waals surface area contributed by atoms with Gasteiger partial charge in [0, 0.05) is 13.1 Å². The van der Waals surface area contributed by atoms with Crippen LogP contribution < -0.4 is 10.2 Å². The van der Waals surface area contributed by atoms with Gasteiger partial charge in [0.1, 0.15) is 12.1 Å². The third-order valence-electron chi connectivity index (χ3n) is 3.36. The molecule has 0 atom stereocenters. The predicted octanol–water partition coefficient (Wildman–Crippen LogP) is 2.44. The molecular formula is C13H11ClN6S. The minimum Gasteiger partial charge on any atom is -0.351 e. The predicted molar refractivity (Wildman–Crippen MR) is 84.1 cm³/mol. The van der Waals surface area contributed by atoms with Crippen LogP contribution in [0.5, 0.6) is 0 Å². The first-order valence-corrected chi connectivity index (χ1v) is 7.72. The summed E-state index contributed by atoms with van der Waals surface area (Å²) < 4.78 is 1.14. The van der Waals surface area contributed by atoms with E-state index in [1.807, 2.05) is 11.4 Å². The van der Waals surface area contributed by atoms with Crippen LogP contribution in [0.3, 0.4) is 0 Å². The summed E-state index contributed by atoms with van der Waals surface area (Å²) in [5, 5.41) is 5.87. The number of hydrogen-bond donors (Lipinski definition) is 1. The zero-order valence-electron chi connectivity index (χ0n) is 10.9. The van der Waals surface area contributed by atoms with Gasteiger partial charge in [-0.05, 0) is 11.4 Å². The fourth-order valence-corrected chi connectivity index (χ4v) is 3.27. The van der Waals surface area contributed by atoms with Crippen LogP contribution >= 0.6 is 22.9 Å². The van der Waals surface area contributed by atoms with Gasteiger partial charge in [0.25, 0.3) is 0 Å². The van der Waals surface area contributed by atoms with Crippen molar-refractivity contribution in [2.75, 3.05) is 23.3 Å². The van der Waals surface area contributed by atoms with E-state index in [4.69, 9.17) is 11.6 Å². The van der Waals surface area contributed by atoms with Gasteiger partial charge in [0.2, 0.25) is 5.95 Å². The van der Waals surface area contributed by atoms with Gasteiger partial charge in [-0.25, -0.2) is 19.9 Å². The zero-order chi connectivity index (χ0) is 14.2. The Hall–Kier alpha value is -1.99. The normalized spacial score (nSPS) is 15.2. The van der Waals surface area contributed by atoms with Crippen LogP contribution in [-0.2, 0) is 0 Å². The van der Waals surface area contributed by atoms with Crippen molar-refractivity contribution in [3.8, 4) is 0 Å². The molecule has 0 saturated carbocycles. The van der Waals surface area contributed by atoms with E-state index in [1.165, 1.54) is 0 Å². The first-order chi connectivity index (χ1) is 10.3. The van der Waals surface area contributed by atoms with E-state index in [9.17, 15) is 0 Å². The molecule has 0 spiro atoms. The van der Waals surface area contributed by atoms with Gasteiger partial charge in [-0.2, -0.15) is 0 Å². The first kappa shape index (κ1) is 12.7. The van der Waals surface area contributed by atoms with Gasteiger partial charge < -0.3 is 10.2 Å². The maximum atomic E-state index is 5.77. The fourth-order valence-electron chi connectivity index (χ4n) is 2.31. The Kier molecular flexibility index (Phi) is 3.08. The van der Waals surface area contributed by atoms with E-state index in [-0.39, 0.29) is 0 Å². The molecule has 0 aliphatic carbocycles. The molecule has 0 unspecified atom stereocenters. The Morgan fingerprint density at radius 3 is 2.81 bits per heavy atom. The highest BCUT2D eigenvalue weighted by Crippen LogP contribution is 2.30. The molecule has 106 valence electrons. The fraction of sp³-hybridized carbons (Fsp3) is 0.231. The first-order valence-electron chi connectivity index (χ1n) is 6.47. The summed E-state index contributed by atoms with van der Waals surface area (Å²) >= 11 is 7.44. The monoisotopic (exact) mass is 318 g/mol. The molecule has 21 heavy (non-hydrogen) atoms. The summed E-state index contributed by atoms with van der Waals surface area (Å²) in [4.78, 5) is 19.2. The number of aromatic nitrogens is 4. The molecule has 0 radical (unpaired) electrons. The molecule has 1 N–H and O–H groups in total. The third kappa shape index (κ3) is 2.38. The number of hydrogen-bond acceptors (Lipinski definition) is 7. The van der Waals surface area contributed by atoms with Gasteiger partial charge in [0.15, 0.2) is 0 Å². The SMILES string of the molecule is Clc1cnc(NC2CN(c3ncnc4ccsc34)C2)nc1. The van der Waals surface area contributed by atoms with E-state index in [0.717, 1.165) is 29.1 Å². The van der Waals surface area contributed by atoms with Crippen molar-refractivity contribution in [1.29, 1.82) is 0 Å². The summed E-state index contributed by atoms with van der Waals surface area (Å²) in [6, 6.07) is 2.33. The molecule has 4 heterocycles. The largest absolute Gasteiger partial charge is 0.351 e. The van der Waals surface area contributed by atoms with Crippen molar-refractivity contribution in [3.05, 3.63) is 35.2 Å². The van der Waals surface area contributed by atoms with E-state index in [2.05, 4.69) is 30.2 Å². The molecule has 1 aliphatic heterocycles. The summed E-state index contributed by atoms with van der Waals surface area (Å²) in [5.74, 6) is 1.61. The summed E-state index contributed by atoms with van der Waals surface area (Å²) in [7, 11) is 0. The lowest BCUT2D eigenvalue weighted by atomic mass is 10.1. The topological polar surface area (TPSA) is 66.8 Å². The van der Waals surface area contributed by atoms with Gasteiger partial charge in [0.05, 0.1) is 33.7 Å². The van der Waals surface area contributed by atoms with Crippen LogP contribution in [0.15, 0.2) is 30.2 Å². The van der Waals surface area contributed by atoms with Crippen LogP contribution in [0.4, 0.5) is 11.8 Å². The zero-order valence-corrected chi connectivity index (χ0v) is 12.5. The molecule has 6 nitrogen and oxygen atoms in total. The molecule has 3 aromatic heterocycles. The van der Waals surface area contributed by atoms with Crippen molar-refractivity contribution in [3.63, 3.8) is 0 Å². The molecule has 4 rings (SSSR count). The lowest BCUT2D eigenvalue weighted by Crippen LogP contribution is -2.55. The molecule has 8 heteroatoms. The smallest absolute Gasteiger partial charge is 0.223 e. The Morgan fingerprint density at radius 2 is 2.00 bits per heavy atom. The molecule has 1 aliphatic rings. The van der Waals surface area contributed by atoms with Gasteiger partial charge in [-0.3, -0.25) is 0 Å². The minimum atomic E-state index is 0.316. The summed E-state index contributed by atoms with van der Waals surface area (Å²) in [6.07, 6.45) is 4.80. The Labute approximate surface area is 129 Å². The maximum absolute atomic E-state index is 5.77. The number of fused-ring (bicyclic) bond motifs is 1. The highest BCUT2D eigenvalue weighted by Gasteiger charge is 2.29. The molecule has 0 bridgehead atoms. The van der Waals surface area contributed by atoms with E-state index >= 15 is 0 Å². The van der Waals surface area contributed by atoms with Gasteiger partial charge in [-0.1, -0.05) is 11.6 Å². The number of nitrogens with one attached hydrogen (secondary N) is 1. The summed E-state index contributed by atoms with van der Waals surface area (Å²) in [6.45, 7) is 1.74. The quantitative estimate of drug-likeness (QED) is 0.800. The highest BCUT2D eigenvalue weighted by atomic mass is 35.5. The van der Waals surface area contributed by atoms with Gasteiger partial charge in [-0.15, -0.1) is 11.3 Å². The number of anilines is 2. The molecule has 1 saturated heterocycles. The lowest BCUT2D eigenvalue weighted by molar-refractivity contribution is 0.543.